The molecule has 3 aromatic carbocycles. The Morgan fingerprint density at radius 3 is 2.36 bits per heavy atom. The predicted molar refractivity (Wildman–Crippen MR) is 132 cm³/mol. The van der Waals surface area contributed by atoms with Crippen LogP contribution in [0, 0.1) is 5.82 Å². The molecule has 1 aliphatic heterocycles. The van der Waals surface area contributed by atoms with Gasteiger partial charge in [0.2, 0.25) is 0 Å². The van der Waals surface area contributed by atoms with Crippen LogP contribution in [0.3, 0.4) is 0 Å². The topological polar surface area (TPSA) is 48.5 Å². The molecule has 0 saturated carbocycles. The lowest BCUT2D eigenvalue weighted by Crippen LogP contribution is -2.48. The lowest BCUT2D eigenvalue weighted by molar-refractivity contribution is 0.0948. The molecule has 4 aromatic rings. The number of rotatable bonds is 6. The van der Waals surface area contributed by atoms with Crippen LogP contribution in [0.25, 0.3) is 21.3 Å². The largest absolute Gasteiger partial charge is 0.351 e. The zero-order valence-electron chi connectivity index (χ0n) is 18.2. The van der Waals surface area contributed by atoms with Gasteiger partial charge < -0.3 is 10.2 Å². The monoisotopic (exact) mass is 460 g/mol. The van der Waals surface area contributed by atoms with E-state index in [4.69, 9.17) is 0 Å². The number of halogens is 1. The number of fused-ring (bicyclic) bond motifs is 1. The van der Waals surface area contributed by atoms with Gasteiger partial charge in [-0.2, -0.15) is 0 Å². The van der Waals surface area contributed by atoms with E-state index in [1.54, 1.807) is 6.07 Å². The van der Waals surface area contributed by atoms with Gasteiger partial charge in [-0.3, -0.25) is 9.69 Å². The molecule has 33 heavy (non-hydrogen) atoms. The van der Waals surface area contributed by atoms with Gasteiger partial charge in [-0.25, -0.2) is 9.37 Å². The Labute approximate surface area is 196 Å². The second-order valence-corrected chi connectivity index (χ2v) is 9.12. The number of nitrogens with one attached hydrogen (secondary N) is 1. The highest BCUT2D eigenvalue weighted by atomic mass is 32.1. The van der Waals surface area contributed by atoms with Crippen molar-refractivity contribution >= 4 is 32.6 Å². The first-order valence-electron chi connectivity index (χ1n) is 11.1. The Bertz CT molecular complexity index is 1230. The number of benzene rings is 3. The van der Waals surface area contributed by atoms with Crippen LogP contribution in [0.2, 0.25) is 0 Å². The fourth-order valence-corrected chi connectivity index (χ4v) is 5.11. The molecule has 0 bridgehead atoms. The van der Waals surface area contributed by atoms with Crippen LogP contribution in [0.4, 0.5) is 9.52 Å². The zero-order valence-corrected chi connectivity index (χ0v) is 19.0. The number of thiazole rings is 1. The van der Waals surface area contributed by atoms with Crippen molar-refractivity contribution in [2.75, 3.05) is 44.2 Å². The maximum absolute atomic E-state index is 13.9. The normalized spacial score (nSPS) is 14.5. The molecule has 1 aromatic heterocycles. The van der Waals surface area contributed by atoms with E-state index in [0.717, 1.165) is 53.7 Å². The third-order valence-corrected chi connectivity index (χ3v) is 7.05. The van der Waals surface area contributed by atoms with E-state index in [9.17, 15) is 9.18 Å². The Balaban J connectivity index is 1.09. The fourth-order valence-electron chi connectivity index (χ4n) is 4.08. The lowest BCUT2D eigenvalue weighted by Gasteiger charge is -2.34. The minimum absolute atomic E-state index is 0.0512. The maximum Gasteiger partial charge on any atom is 0.251 e. The minimum atomic E-state index is -0.265. The van der Waals surface area contributed by atoms with Crippen molar-refractivity contribution in [3.63, 3.8) is 0 Å². The average Bonchev–Trinajstić information content (AvgIpc) is 3.31. The van der Waals surface area contributed by atoms with Gasteiger partial charge in [0.1, 0.15) is 11.3 Å². The third kappa shape index (κ3) is 4.89. The van der Waals surface area contributed by atoms with Crippen LogP contribution in [0.1, 0.15) is 10.4 Å². The van der Waals surface area contributed by atoms with Gasteiger partial charge in [0, 0.05) is 44.8 Å². The number of hydrogen-bond acceptors (Lipinski definition) is 5. The third-order valence-electron chi connectivity index (χ3n) is 5.97. The molecule has 168 valence electrons. The lowest BCUT2D eigenvalue weighted by atomic mass is 10.0. The molecule has 0 spiro atoms. The first kappa shape index (κ1) is 21.6. The summed E-state index contributed by atoms with van der Waals surface area (Å²) in [4.78, 5) is 21.6. The molecule has 5 nitrogen and oxygen atoms in total. The molecule has 0 unspecified atom stereocenters. The number of carbonyl (C=O) groups is 1. The van der Waals surface area contributed by atoms with Gasteiger partial charge in [-0.1, -0.05) is 59.9 Å². The number of aromatic nitrogens is 1. The molecule has 7 heteroatoms. The van der Waals surface area contributed by atoms with E-state index in [1.807, 2.05) is 48.5 Å². The number of nitrogens with zero attached hydrogens (tertiary/aromatic N) is 3. The summed E-state index contributed by atoms with van der Waals surface area (Å²) in [5.41, 5.74) is 3.36. The molecule has 0 atom stereocenters. The van der Waals surface area contributed by atoms with Crippen molar-refractivity contribution in [1.29, 1.82) is 0 Å². The van der Waals surface area contributed by atoms with E-state index >= 15 is 0 Å². The highest BCUT2D eigenvalue weighted by Gasteiger charge is 2.20. The quantitative estimate of drug-likeness (QED) is 0.455. The molecule has 1 amide bonds. The van der Waals surface area contributed by atoms with Gasteiger partial charge in [0.05, 0.1) is 4.70 Å². The summed E-state index contributed by atoms with van der Waals surface area (Å²) in [7, 11) is 0. The molecule has 0 radical (unpaired) electrons. The van der Waals surface area contributed by atoms with Crippen molar-refractivity contribution in [3.8, 4) is 11.1 Å². The van der Waals surface area contributed by atoms with Gasteiger partial charge in [-0.15, -0.1) is 0 Å². The van der Waals surface area contributed by atoms with Crippen LogP contribution in [0.15, 0.2) is 72.8 Å². The number of hydrogen-bond donors (Lipinski definition) is 1. The predicted octanol–water partition coefficient (Wildman–Crippen LogP) is 4.65. The summed E-state index contributed by atoms with van der Waals surface area (Å²) in [5.74, 6) is -0.316. The number of para-hydroxylation sites is 1. The molecular weight excluding hydrogens is 435 g/mol. The van der Waals surface area contributed by atoms with Crippen molar-refractivity contribution in [1.82, 2.24) is 15.2 Å². The van der Waals surface area contributed by atoms with Crippen molar-refractivity contribution in [2.24, 2.45) is 0 Å². The highest BCUT2D eigenvalue weighted by molar-refractivity contribution is 7.22. The second-order valence-electron chi connectivity index (χ2n) is 8.11. The van der Waals surface area contributed by atoms with Crippen LogP contribution in [-0.4, -0.2) is 55.1 Å². The summed E-state index contributed by atoms with van der Waals surface area (Å²) in [6, 6.07) is 22.9. The molecule has 5 rings (SSSR count). The number of anilines is 1. The minimum Gasteiger partial charge on any atom is -0.351 e. The highest BCUT2D eigenvalue weighted by Crippen LogP contribution is 2.30. The van der Waals surface area contributed by atoms with Crippen molar-refractivity contribution in [3.05, 3.63) is 84.2 Å². The van der Waals surface area contributed by atoms with E-state index in [-0.39, 0.29) is 11.7 Å². The van der Waals surface area contributed by atoms with Gasteiger partial charge in [0.25, 0.3) is 5.91 Å². The Hall–Kier alpha value is -3.29. The number of piperazine rings is 1. The van der Waals surface area contributed by atoms with Crippen molar-refractivity contribution in [2.45, 2.75) is 0 Å². The van der Waals surface area contributed by atoms with E-state index in [1.165, 1.54) is 17.4 Å². The molecule has 1 fully saturated rings. The van der Waals surface area contributed by atoms with Gasteiger partial charge >= 0.3 is 0 Å². The maximum atomic E-state index is 13.9. The zero-order chi connectivity index (χ0) is 22.6. The molecular formula is C26H25FN4OS. The van der Waals surface area contributed by atoms with E-state index in [0.29, 0.717) is 17.6 Å². The fraction of sp³-hybridized carbons (Fsp3) is 0.231. The first-order valence-corrected chi connectivity index (χ1v) is 11.9. The Morgan fingerprint density at radius 2 is 1.64 bits per heavy atom. The standard InChI is InChI=1S/C26H25FN4OS/c27-22-7-4-8-23-24(22)29-26(33-23)31-17-15-30(16-18-31)14-13-28-25(32)21-11-9-20(10-12-21)19-5-2-1-3-6-19/h1-12H,13-18H2,(H,28,32). The molecule has 1 aliphatic rings. The summed E-state index contributed by atoms with van der Waals surface area (Å²) in [5, 5.41) is 3.90. The average molecular weight is 461 g/mol. The first-order chi connectivity index (χ1) is 16.2. The van der Waals surface area contributed by atoms with Crippen LogP contribution in [0.5, 0.6) is 0 Å². The van der Waals surface area contributed by atoms with Gasteiger partial charge in [-0.05, 0) is 35.4 Å². The van der Waals surface area contributed by atoms with E-state index in [2.05, 4.69) is 32.2 Å². The van der Waals surface area contributed by atoms with Crippen LogP contribution >= 0.6 is 11.3 Å². The van der Waals surface area contributed by atoms with Gasteiger partial charge in [0.15, 0.2) is 5.13 Å². The van der Waals surface area contributed by atoms with Crippen LogP contribution in [-0.2, 0) is 0 Å². The van der Waals surface area contributed by atoms with Crippen molar-refractivity contribution < 1.29 is 9.18 Å². The Kier molecular flexibility index (Phi) is 6.32. The second kappa shape index (κ2) is 9.68. The Morgan fingerprint density at radius 1 is 0.909 bits per heavy atom. The van der Waals surface area contributed by atoms with E-state index < -0.39 is 0 Å². The molecule has 1 N–H and O–H groups in total. The summed E-state index contributed by atoms with van der Waals surface area (Å²) in [6.07, 6.45) is 0. The molecule has 1 saturated heterocycles. The number of carbonyl (C=O) groups excluding carboxylic acids is 1. The molecule has 0 aliphatic carbocycles. The summed E-state index contributed by atoms with van der Waals surface area (Å²) in [6.45, 7) is 4.87. The molecule has 2 heterocycles. The SMILES string of the molecule is O=C(NCCN1CCN(c2nc3c(F)cccc3s2)CC1)c1ccc(-c2ccccc2)cc1. The summed E-state index contributed by atoms with van der Waals surface area (Å²) < 4.78 is 14.8. The van der Waals surface area contributed by atoms with Crippen LogP contribution < -0.4 is 10.2 Å². The number of amides is 1. The summed E-state index contributed by atoms with van der Waals surface area (Å²) >= 11 is 1.54. The smallest absolute Gasteiger partial charge is 0.251 e.